The topological polar surface area (TPSA) is 55.4 Å². The average Bonchev–Trinajstić information content (AvgIpc) is 2.51. The van der Waals surface area contributed by atoms with Gasteiger partial charge < -0.3 is 10.1 Å². The smallest absolute Gasteiger partial charge is 0.340 e. The quantitative estimate of drug-likeness (QED) is 0.639. The highest BCUT2D eigenvalue weighted by Gasteiger charge is 2.17. The van der Waals surface area contributed by atoms with Gasteiger partial charge in [-0.05, 0) is 36.8 Å². The van der Waals surface area contributed by atoms with Crippen LogP contribution in [0, 0.1) is 18.6 Å². The Morgan fingerprint density at radius 2 is 1.79 bits per heavy atom. The third kappa shape index (κ3) is 4.43. The SMILES string of the molecule is Cc1ccc(NC(=O)COC(=O)c2cc(F)c(Cl)cc2Cl)c(F)c1. The molecule has 0 saturated carbocycles. The number of anilines is 1. The second kappa shape index (κ2) is 7.59. The predicted octanol–water partition coefficient (Wildman–Crippen LogP) is 4.38. The molecule has 0 radical (unpaired) electrons. The zero-order valence-electron chi connectivity index (χ0n) is 12.3. The van der Waals surface area contributed by atoms with Crippen LogP contribution in [0.1, 0.15) is 15.9 Å². The van der Waals surface area contributed by atoms with E-state index in [2.05, 4.69) is 5.32 Å². The summed E-state index contributed by atoms with van der Waals surface area (Å²) >= 11 is 11.3. The van der Waals surface area contributed by atoms with Gasteiger partial charge in [0.05, 0.1) is 21.3 Å². The molecule has 0 aromatic heterocycles. The number of aryl methyl sites for hydroxylation is 1. The maximum Gasteiger partial charge on any atom is 0.340 e. The van der Waals surface area contributed by atoms with E-state index in [1.807, 2.05) is 0 Å². The van der Waals surface area contributed by atoms with Gasteiger partial charge in [-0.2, -0.15) is 0 Å². The van der Waals surface area contributed by atoms with Gasteiger partial charge in [-0.25, -0.2) is 13.6 Å². The summed E-state index contributed by atoms with van der Waals surface area (Å²) in [5, 5.41) is 1.90. The highest BCUT2D eigenvalue weighted by atomic mass is 35.5. The van der Waals surface area contributed by atoms with E-state index in [1.54, 1.807) is 13.0 Å². The van der Waals surface area contributed by atoms with Crippen LogP contribution >= 0.6 is 23.2 Å². The lowest BCUT2D eigenvalue weighted by Gasteiger charge is -2.09. The fourth-order valence-electron chi connectivity index (χ4n) is 1.80. The standard InChI is InChI=1S/C16H11Cl2F2NO3/c1-8-2-3-14(13(20)4-8)21-15(22)7-24-16(23)9-5-12(19)11(18)6-10(9)17/h2-6H,7H2,1H3,(H,21,22). The fraction of sp³-hybridized carbons (Fsp3) is 0.125. The Hall–Kier alpha value is -2.18. The van der Waals surface area contributed by atoms with Crippen LogP contribution in [0.4, 0.5) is 14.5 Å². The summed E-state index contributed by atoms with van der Waals surface area (Å²) in [6.07, 6.45) is 0. The molecule has 0 spiro atoms. The summed E-state index contributed by atoms with van der Waals surface area (Å²) in [5.74, 6) is -3.22. The van der Waals surface area contributed by atoms with Gasteiger partial charge in [-0.1, -0.05) is 29.3 Å². The number of carbonyl (C=O) groups is 2. The Bertz CT molecular complexity index is 812. The lowest BCUT2D eigenvalue weighted by molar-refractivity contribution is -0.119. The van der Waals surface area contributed by atoms with Crippen molar-refractivity contribution >= 4 is 40.8 Å². The van der Waals surface area contributed by atoms with Crippen LogP contribution in [0.2, 0.25) is 10.0 Å². The van der Waals surface area contributed by atoms with Crippen molar-refractivity contribution in [2.24, 2.45) is 0 Å². The first kappa shape index (κ1) is 18.2. The minimum atomic E-state index is -1.00. The monoisotopic (exact) mass is 373 g/mol. The molecule has 0 aliphatic heterocycles. The molecule has 0 aliphatic carbocycles. The van der Waals surface area contributed by atoms with Crippen LogP contribution in [0.25, 0.3) is 0 Å². The van der Waals surface area contributed by atoms with Crippen LogP contribution in [0.3, 0.4) is 0 Å². The third-order valence-electron chi connectivity index (χ3n) is 2.96. The van der Waals surface area contributed by atoms with Gasteiger partial charge in [0.25, 0.3) is 5.91 Å². The van der Waals surface area contributed by atoms with Crippen LogP contribution in [0.5, 0.6) is 0 Å². The largest absolute Gasteiger partial charge is 0.452 e. The maximum absolute atomic E-state index is 13.6. The first-order valence-electron chi connectivity index (χ1n) is 6.65. The molecule has 2 rings (SSSR count). The summed E-state index contributed by atoms with van der Waals surface area (Å²) in [5.41, 5.74) is 0.376. The molecule has 4 nitrogen and oxygen atoms in total. The first-order chi connectivity index (χ1) is 11.3. The van der Waals surface area contributed by atoms with Crippen molar-refractivity contribution in [3.05, 3.63) is 63.1 Å². The lowest BCUT2D eigenvalue weighted by Crippen LogP contribution is -2.21. The second-order valence-electron chi connectivity index (χ2n) is 4.85. The number of amides is 1. The molecule has 0 atom stereocenters. The highest BCUT2D eigenvalue weighted by Crippen LogP contribution is 2.25. The van der Waals surface area contributed by atoms with Crippen molar-refractivity contribution in [3.8, 4) is 0 Å². The van der Waals surface area contributed by atoms with Gasteiger partial charge in [-0.3, -0.25) is 4.79 Å². The zero-order chi connectivity index (χ0) is 17.9. The van der Waals surface area contributed by atoms with E-state index >= 15 is 0 Å². The number of nitrogens with one attached hydrogen (secondary N) is 1. The van der Waals surface area contributed by atoms with Crippen molar-refractivity contribution in [3.63, 3.8) is 0 Å². The van der Waals surface area contributed by atoms with E-state index in [0.717, 1.165) is 12.1 Å². The Balaban J connectivity index is 1.99. The Morgan fingerprint density at radius 3 is 2.46 bits per heavy atom. The molecule has 0 bridgehead atoms. The number of halogens is 4. The highest BCUT2D eigenvalue weighted by molar-refractivity contribution is 6.36. The molecule has 0 saturated heterocycles. The van der Waals surface area contributed by atoms with E-state index in [1.165, 1.54) is 12.1 Å². The molecule has 2 aromatic rings. The van der Waals surface area contributed by atoms with Crippen LogP contribution < -0.4 is 5.32 Å². The van der Waals surface area contributed by atoms with Crippen molar-refractivity contribution < 1.29 is 23.1 Å². The van der Waals surface area contributed by atoms with Gasteiger partial charge in [-0.15, -0.1) is 0 Å². The first-order valence-corrected chi connectivity index (χ1v) is 7.41. The molecule has 0 fully saturated rings. The lowest BCUT2D eigenvalue weighted by atomic mass is 10.2. The average molecular weight is 374 g/mol. The van der Waals surface area contributed by atoms with Crippen LogP contribution in [-0.2, 0) is 9.53 Å². The number of carbonyl (C=O) groups excluding carboxylic acids is 2. The summed E-state index contributed by atoms with van der Waals surface area (Å²) < 4.78 is 31.7. The normalized spacial score (nSPS) is 10.4. The van der Waals surface area contributed by atoms with Crippen molar-refractivity contribution in [2.75, 3.05) is 11.9 Å². The van der Waals surface area contributed by atoms with E-state index in [9.17, 15) is 18.4 Å². The Labute approximate surface area is 146 Å². The number of hydrogen-bond donors (Lipinski definition) is 1. The summed E-state index contributed by atoms with van der Waals surface area (Å²) in [6, 6.07) is 6.11. The van der Waals surface area contributed by atoms with Gasteiger partial charge >= 0.3 is 5.97 Å². The molecule has 0 unspecified atom stereocenters. The summed E-state index contributed by atoms with van der Waals surface area (Å²) in [7, 11) is 0. The summed E-state index contributed by atoms with van der Waals surface area (Å²) in [6.45, 7) is 1.01. The number of ether oxygens (including phenoxy) is 1. The van der Waals surface area contributed by atoms with Gasteiger partial charge in [0.1, 0.15) is 11.6 Å². The van der Waals surface area contributed by atoms with Crippen LogP contribution in [0.15, 0.2) is 30.3 Å². The Morgan fingerprint density at radius 1 is 1.08 bits per heavy atom. The molecule has 1 amide bonds. The second-order valence-corrected chi connectivity index (χ2v) is 5.67. The molecule has 8 heteroatoms. The Kier molecular flexibility index (Phi) is 5.75. The molecule has 24 heavy (non-hydrogen) atoms. The number of rotatable bonds is 4. The van der Waals surface area contributed by atoms with Crippen molar-refractivity contribution in [1.82, 2.24) is 0 Å². The number of esters is 1. The third-order valence-corrected chi connectivity index (χ3v) is 3.57. The number of benzene rings is 2. The van der Waals surface area contributed by atoms with Crippen molar-refractivity contribution in [1.29, 1.82) is 0 Å². The molecule has 1 N–H and O–H groups in total. The van der Waals surface area contributed by atoms with E-state index in [-0.39, 0.29) is 21.3 Å². The minimum Gasteiger partial charge on any atom is -0.452 e. The molecule has 0 aliphatic rings. The molecular weight excluding hydrogens is 363 g/mol. The van der Waals surface area contributed by atoms with Gasteiger partial charge in [0.2, 0.25) is 0 Å². The van der Waals surface area contributed by atoms with Gasteiger partial charge in [0, 0.05) is 0 Å². The van der Waals surface area contributed by atoms with Crippen molar-refractivity contribution in [2.45, 2.75) is 6.92 Å². The minimum absolute atomic E-state index is 0.0442. The zero-order valence-corrected chi connectivity index (χ0v) is 13.8. The molecule has 2 aromatic carbocycles. The van der Waals surface area contributed by atoms with E-state index < -0.39 is 30.1 Å². The molecule has 0 heterocycles. The van der Waals surface area contributed by atoms with Crippen LogP contribution in [-0.4, -0.2) is 18.5 Å². The van der Waals surface area contributed by atoms with E-state index in [4.69, 9.17) is 27.9 Å². The van der Waals surface area contributed by atoms with E-state index in [0.29, 0.717) is 5.56 Å². The predicted molar refractivity (Wildman–Crippen MR) is 86.5 cm³/mol. The molecular formula is C16H11Cl2F2NO3. The molecule has 126 valence electrons. The fourth-order valence-corrected chi connectivity index (χ4v) is 2.26. The van der Waals surface area contributed by atoms with Gasteiger partial charge in [0.15, 0.2) is 6.61 Å². The summed E-state index contributed by atoms with van der Waals surface area (Å²) in [4.78, 5) is 23.5. The maximum atomic E-state index is 13.6. The number of hydrogen-bond acceptors (Lipinski definition) is 3.